The molecule has 0 unspecified atom stereocenters. The van der Waals surface area contributed by atoms with E-state index in [1.807, 2.05) is 0 Å². The van der Waals surface area contributed by atoms with Gasteiger partial charge < -0.3 is 9.80 Å². The second-order valence-corrected chi connectivity index (χ2v) is 8.45. The van der Waals surface area contributed by atoms with E-state index >= 15 is 0 Å². The summed E-state index contributed by atoms with van der Waals surface area (Å²) in [6, 6.07) is 19.8. The molecule has 0 aliphatic heterocycles. The molecule has 2 aromatic carbocycles. The first-order chi connectivity index (χ1) is 13.3. The summed E-state index contributed by atoms with van der Waals surface area (Å²) in [6.45, 7) is 8.38. The van der Waals surface area contributed by atoms with Crippen molar-refractivity contribution in [1.82, 2.24) is 4.90 Å². The van der Waals surface area contributed by atoms with Gasteiger partial charge in [-0.05, 0) is 68.1 Å². The van der Waals surface area contributed by atoms with Gasteiger partial charge in [-0.3, -0.25) is 0 Å². The fourth-order valence-electron chi connectivity index (χ4n) is 3.97. The molecule has 2 rings (SSSR count). The predicted molar refractivity (Wildman–Crippen MR) is 120 cm³/mol. The Morgan fingerprint density at radius 3 is 2.18 bits per heavy atom. The summed E-state index contributed by atoms with van der Waals surface area (Å²) in [5.41, 5.74) is 4.53. The van der Waals surface area contributed by atoms with Gasteiger partial charge in [0.25, 0.3) is 0 Å². The minimum Gasteiger partial charge on any atom is -0.378 e. The van der Waals surface area contributed by atoms with Crippen LogP contribution in [0.2, 0.25) is 0 Å². The third-order valence-electron chi connectivity index (χ3n) is 5.83. The van der Waals surface area contributed by atoms with Crippen LogP contribution in [0.3, 0.4) is 0 Å². The molecule has 0 amide bonds. The van der Waals surface area contributed by atoms with Crippen molar-refractivity contribution in [3.05, 3.63) is 65.2 Å². The van der Waals surface area contributed by atoms with Gasteiger partial charge in [0.15, 0.2) is 0 Å². The Bertz CT molecular complexity index is 786. The molecule has 0 N–H and O–H groups in total. The second-order valence-electron chi connectivity index (χ2n) is 8.45. The lowest BCUT2D eigenvalue weighted by Gasteiger charge is -2.33. The number of benzene rings is 2. The lowest BCUT2D eigenvalue weighted by Crippen LogP contribution is -2.33. The van der Waals surface area contributed by atoms with E-state index in [0.717, 1.165) is 25.9 Å². The quantitative estimate of drug-likeness (QED) is 0.587. The van der Waals surface area contributed by atoms with E-state index in [0.29, 0.717) is 0 Å². The Balaban J connectivity index is 2.00. The van der Waals surface area contributed by atoms with Crippen molar-refractivity contribution in [2.24, 2.45) is 5.92 Å². The fraction of sp³-hybridized carbons (Fsp3) is 0.480. The summed E-state index contributed by atoms with van der Waals surface area (Å²) in [6.07, 6.45) is 1.89. The molecule has 0 bridgehead atoms. The smallest absolute Gasteiger partial charge is 0.0848 e. The average Bonchev–Trinajstić information content (AvgIpc) is 2.66. The van der Waals surface area contributed by atoms with Crippen LogP contribution in [0.1, 0.15) is 43.4 Å². The number of rotatable bonds is 9. The largest absolute Gasteiger partial charge is 0.378 e. The molecule has 0 radical (unpaired) electrons. The molecule has 150 valence electrons. The molecule has 3 heteroatoms. The molecule has 0 aromatic heterocycles. The highest BCUT2D eigenvalue weighted by atomic mass is 15.1. The van der Waals surface area contributed by atoms with Crippen molar-refractivity contribution in [2.45, 2.75) is 45.6 Å². The molecule has 2 aromatic rings. The van der Waals surface area contributed by atoms with Crippen LogP contribution in [0, 0.1) is 24.2 Å². The summed E-state index contributed by atoms with van der Waals surface area (Å²) in [5, 5.41) is 10.1. The molecule has 0 saturated heterocycles. The minimum atomic E-state index is -0.417. The number of aryl methyl sites for hydroxylation is 1. The van der Waals surface area contributed by atoms with E-state index < -0.39 is 5.41 Å². The van der Waals surface area contributed by atoms with Crippen molar-refractivity contribution in [3.8, 4) is 6.07 Å². The van der Waals surface area contributed by atoms with Crippen molar-refractivity contribution in [1.29, 1.82) is 5.26 Å². The molecule has 0 spiro atoms. The molecule has 28 heavy (non-hydrogen) atoms. The summed E-state index contributed by atoms with van der Waals surface area (Å²) < 4.78 is 0. The highest BCUT2D eigenvalue weighted by Crippen LogP contribution is 2.38. The Morgan fingerprint density at radius 2 is 1.64 bits per heavy atom. The third-order valence-corrected chi connectivity index (χ3v) is 5.83. The molecular formula is C25H35N3. The maximum absolute atomic E-state index is 10.1. The van der Waals surface area contributed by atoms with Crippen LogP contribution in [-0.2, 0) is 12.0 Å². The zero-order valence-corrected chi connectivity index (χ0v) is 18.4. The fourth-order valence-corrected chi connectivity index (χ4v) is 3.97. The van der Waals surface area contributed by atoms with Gasteiger partial charge in [0.2, 0.25) is 0 Å². The standard InChI is InChI=1S/C25H35N3/c1-20(2)25(19-26,24-11-8-7-10-21(24)3)16-9-17-28(6)18-22-12-14-23(15-13-22)27(4)5/h7-8,10-15,20H,9,16-18H2,1-6H3/t25-/m0/s1. The van der Waals surface area contributed by atoms with Crippen LogP contribution in [0.25, 0.3) is 0 Å². The van der Waals surface area contributed by atoms with Crippen LogP contribution in [0.4, 0.5) is 5.69 Å². The van der Waals surface area contributed by atoms with Crippen molar-refractivity contribution in [3.63, 3.8) is 0 Å². The van der Waals surface area contributed by atoms with Crippen LogP contribution < -0.4 is 4.90 Å². The SMILES string of the molecule is Cc1ccccc1[C@](C#N)(CCCN(C)Cc1ccc(N(C)C)cc1)C(C)C. The Hall–Kier alpha value is -2.31. The maximum atomic E-state index is 10.1. The van der Waals surface area contributed by atoms with Gasteiger partial charge in [-0.25, -0.2) is 0 Å². The average molecular weight is 378 g/mol. The highest BCUT2D eigenvalue weighted by Gasteiger charge is 2.36. The number of nitrogens with zero attached hydrogens (tertiary/aromatic N) is 3. The van der Waals surface area contributed by atoms with Crippen LogP contribution in [0.5, 0.6) is 0 Å². The predicted octanol–water partition coefficient (Wildman–Crippen LogP) is 5.39. The third kappa shape index (κ3) is 5.14. The van der Waals surface area contributed by atoms with E-state index in [-0.39, 0.29) is 5.92 Å². The molecule has 0 saturated carbocycles. The Morgan fingerprint density at radius 1 is 1.00 bits per heavy atom. The number of hydrogen-bond acceptors (Lipinski definition) is 3. The van der Waals surface area contributed by atoms with E-state index in [4.69, 9.17) is 0 Å². The maximum Gasteiger partial charge on any atom is 0.0848 e. The van der Waals surface area contributed by atoms with Crippen molar-refractivity contribution < 1.29 is 0 Å². The molecule has 0 heterocycles. The number of hydrogen-bond donors (Lipinski definition) is 0. The van der Waals surface area contributed by atoms with Crippen LogP contribution in [-0.4, -0.2) is 32.6 Å². The summed E-state index contributed by atoms with van der Waals surface area (Å²) >= 11 is 0. The van der Waals surface area contributed by atoms with Gasteiger partial charge in [0, 0.05) is 26.3 Å². The van der Waals surface area contributed by atoms with Crippen molar-refractivity contribution in [2.75, 3.05) is 32.6 Å². The number of nitriles is 1. The lowest BCUT2D eigenvalue weighted by atomic mass is 9.68. The van der Waals surface area contributed by atoms with E-state index in [9.17, 15) is 5.26 Å². The second kappa shape index (κ2) is 9.75. The summed E-state index contributed by atoms with van der Waals surface area (Å²) in [5.74, 6) is 0.280. The molecular weight excluding hydrogens is 342 g/mol. The Labute approximate surface area is 171 Å². The molecule has 3 nitrogen and oxygen atoms in total. The van der Waals surface area contributed by atoms with Crippen LogP contribution in [0.15, 0.2) is 48.5 Å². The zero-order chi connectivity index (χ0) is 20.7. The lowest BCUT2D eigenvalue weighted by molar-refractivity contribution is 0.286. The van der Waals surface area contributed by atoms with E-state index in [1.165, 1.54) is 22.4 Å². The Kier molecular flexibility index (Phi) is 7.66. The van der Waals surface area contributed by atoms with Gasteiger partial charge in [0.1, 0.15) is 0 Å². The minimum absolute atomic E-state index is 0.280. The first-order valence-corrected chi connectivity index (χ1v) is 10.2. The van der Waals surface area contributed by atoms with Crippen molar-refractivity contribution >= 4 is 5.69 Å². The number of anilines is 1. The normalized spacial score (nSPS) is 13.4. The summed E-state index contributed by atoms with van der Waals surface area (Å²) in [4.78, 5) is 4.47. The van der Waals surface area contributed by atoms with E-state index in [2.05, 4.69) is 106 Å². The monoisotopic (exact) mass is 377 g/mol. The van der Waals surface area contributed by atoms with Gasteiger partial charge in [-0.2, -0.15) is 5.26 Å². The summed E-state index contributed by atoms with van der Waals surface area (Å²) in [7, 11) is 6.29. The van der Waals surface area contributed by atoms with Gasteiger partial charge in [-0.1, -0.05) is 50.2 Å². The van der Waals surface area contributed by atoms with Gasteiger partial charge in [0.05, 0.1) is 11.5 Å². The molecule has 1 atom stereocenters. The molecule has 0 fully saturated rings. The van der Waals surface area contributed by atoms with E-state index in [1.54, 1.807) is 0 Å². The van der Waals surface area contributed by atoms with Crippen LogP contribution >= 0.6 is 0 Å². The first kappa shape index (κ1) is 22.0. The molecule has 0 aliphatic carbocycles. The highest BCUT2D eigenvalue weighted by molar-refractivity contribution is 5.46. The first-order valence-electron chi connectivity index (χ1n) is 10.2. The zero-order valence-electron chi connectivity index (χ0n) is 18.4. The van der Waals surface area contributed by atoms with Gasteiger partial charge >= 0.3 is 0 Å². The topological polar surface area (TPSA) is 30.3 Å². The molecule has 0 aliphatic rings. The van der Waals surface area contributed by atoms with Gasteiger partial charge in [-0.15, -0.1) is 0 Å².